The summed E-state index contributed by atoms with van der Waals surface area (Å²) in [7, 11) is -2.01. The SMILES string of the molecule is CC(C)(C)[Si](C)(C)OCC[C@@H](NC(=O)[C@H](CO)NC(=O)OCc1ccccc1)C(N)=O. The average molecular weight is 454 g/mol. The second kappa shape index (κ2) is 11.8. The van der Waals surface area contributed by atoms with Gasteiger partial charge in [-0.15, -0.1) is 0 Å². The minimum atomic E-state index is -2.01. The highest BCUT2D eigenvalue weighted by Crippen LogP contribution is 2.36. The topological polar surface area (TPSA) is 140 Å². The molecule has 0 saturated carbocycles. The van der Waals surface area contributed by atoms with E-state index in [4.69, 9.17) is 14.9 Å². The Morgan fingerprint density at radius 2 is 1.71 bits per heavy atom. The van der Waals surface area contributed by atoms with Gasteiger partial charge in [0, 0.05) is 6.61 Å². The Morgan fingerprint density at radius 3 is 2.23 bits per heavy atom. The lowest BCUT2D eigenvalue weighted by Crippen LogP contribution is -2.54. The first-order valence-electron chi connectivity index (χ1n) is 10.2. The van der Waals surface area contributed by atoms with E-state index in [-0.39, 0.29) is 24.7 Å². The molecule has 0 aliphatic heterocycles. The molecule has 0 bridgehead atoms. The third-order valence-corrected chi connectivity index (χ3v) is 9.88. The van der Waals surface area contributed by atoms with E-state index in [1.807, 2.05) is 6.07 Å². The summed E-state index contributed by atoms with van der Waals surface area (Å²) in [4.78, 5) is 36.2. The Kier molecular flexibility index (Phi) is 10.1. The van der Waals surface area contributed by atoms with Gasteiger partial charge in [-0.2, -0.15) is 0 Å². The molecule has 0 spiro atoms. The number of alkyl carbamates (subject to hydrolysis) is 1. The first-order chi connectivity index (χ1) is 14.4. The lowest BCUT2D eigenvalue weighted by atomic mass is 10.2. The zero-order valence-electron chi connectivity index (χ0n) is 18.9. The third-order valence-electron chi connectivity index (χ3n) is 5.34. The quantitative estimate of drug-likeness (QED) is 0.376. The number of hydrogen-bond donors (Lipinski definition) is 4. The molecule has 1 rings (SSSR count). The molecule has 174 valence electrons. The molecule has 1 aromatic carbocycles. The number of primary amides is 1. The van der Waals surface area contributed by atoms with Gasteiger partial charge < -0.3 is 30.6 Å². The van der Waals surface area contributed by atoms with Crippen LogP contribution in [0.2, 0.25) is 18.1 Å². The van der Waals surface area contributed by atoms with Crippen molar-refractivity contribution in [3.63, 3.8) is 0 Å². The van der Waals surface area contributed by atoms with Crippen molar-refractivity contribution in [3.8, 4) is 0 Å². The molecular weight excluding hydrogens is 418 g/mol. The molecule has 0 aliphatic rings. The lowest BCUT2D eigenvalue weighted by Gasteiger charge is -2.36. The standard InChI is InChI=1S/C21H35N3O6Si/c1-21(2,3)31(4,5)30-12-11-16(18(22)26)23-19(27)17(13-25)24-20(28)29-14-15-9-7-6-8-10-15/h6-10,16-17,25H,11-14H2,1-5H3,(H2,22,26)(H,23,27)(H,24,28)/t16-,17+/m1/s1. The van der Waals surface area contributed by atoms with Gasteiger partial charge in [-0.05, 0) is 30.1 Å². The van der Waals surface area contributed by atoms with Crippen LogP contribution < -0.4 is 16.4 Å². The summed E-state index contributed by atoms with van der Waals surface area (Å²) in [5.41, 5.74) is 6.18. The molecule has 0 fully saturated rings. The minimum absolute atomic E-state index is 0.00445. The van der Waals surface area contributed by atoms with Gasteiger partial charge >= 0.3 is 6.09 Å². The van der Waals surface area contributed by atoms with Gasteiger partial charge in [-0.25, -0.2) is 4.79 Å². The maximum Gasteiger partial charge on any atom is 0.408 e. The lowest BCUT2D eigenvalue weighted by molar-refractivity contribution is -0.129. The number of aliphatic hydroxyl groups excluding tert-OH is 1. The Balaban J connectivity index is 2.57. The molecule has 31 heavy (non-hydrogen) atoms. The van der Waals surface area contributed by atoms with Crippen LogP contribution in [0.25, 0.3) is 0 Å². The van der Waals surface area contributed by atoms with E-state index in [0.717, 1.165) is 5.56 Å². The largest absolute Gasteiger partial charge is 0.445 e. The van der Waals surface area contributed by atoms with Crippen molar-refractivity contribution in [1.82, 2.24) is 10.6 Å². The zero-order chi connectivity index (χ0) is 23.7. The number of carbonyl (C=O) groups excluding carboxylic acids is 3. The number of nitrogens with two attached hydrogens (primary N) is 1. The van der Waals surface area contributed by atoms with Gasteiger partial charge in [0.15, 0.2) is 8.32 Å². The maximum atomic E-state index is 12.4. The van der Waals surface area contributed by atoms with Crippen molar-refractivity contribution >= 4 is 26.2 Å². The second-order valence-corrected chi connectivity index (χ2v) is 13.6. The molecule has 5 N–H and O–H groups in total. The molecule has 10 heteroatoms. The molecule has 0 radical (unpaired) electrons. The van der Waals surface area contributed by atoms with Crippen molar-refractivity contribution in [1.29, 1.82) is 0 Å². The number of aliphatic hydroxyl groups is 1. The van der Waals surface area contributed by atoms with Crippen molar-refractivity contribution in [2.45, 2.75) is 64.0 Å². The summed E-state index contributed by atoms with van der Waals surface area (Å²) in [5.74, 6) is -1.47. The van der Waals surface area contributed by atoms with Gasteiger partial charge in [0.25, 0.3) is 0 Å². The highest BCUT2D eigenvalue weighted by atomic mass is 28.4. The number of ether oxygens (including phenoxy) is 1. The van der Waals surface area contributed by atoms with E-state index in [2.05, 4.69) is 44.5 Å². The molecule has 2 atom stereocenters. The summed E-state index contributed by atoms with van der Waals surface area (Å²) in [6, 6.07) is 6.74. The van der Waals surface area contributed by atoms with E-state index >= 15 is 0 Å². The summed E-state index contributed by atoms with van der Waals surface area (Å²) >= 11 is 0. The maximum absolute atomic E-state index is 12.4. The van der Waals surface area contributed by atoms with Gasteiger partial charge in [-0.1, -0.05) is 51.1 Å². The predicted octanol–water partition coefficient (Wildman–Crippen LogP) is 1.66. The van der Waals surface area contributed by atoms with Crippen LogP contribution in [0.1, 0.15) is 32.8 Å². The fourth-order valence-electron chi connectivity index (χ4n) is 2.31. The third kappa shape index (κ3) is 9.07. The molecule has 0 aromatic heterocycles. The Labute approximate surface area is 184 Å². The fourth-order valence-corrected chi connectivity index (χ4v) is 3.37. The molecule has 0 aliphatic carbocycles. The van der Waals surface area contributed by atoms with Crippen LogP contribution >= 0.6 is 0 Å². The normalized spacial score (nSPS) is 13.7. The van der Waals surface area contributed by atoms with Crippen molar-refractivity contribution in [2.75, 3.05) is 13.2 Å². The number of rotatable bonds is 11. The summed E-state index contributed by atoms with van der Waals surface area (Å²) in [6.07, 6.45) is -0.681. The van der Waals surface area contributed by atoms with E-state index in [1.54, 1.807) is 24.3 Å². The van der Waals surface area contributed by atoms with Crippen LogP contribution in [0.3, 0.4) is 0 Å². The van der Waals surface area contributed by atoms with Crippen LogP contribution in [0.15, 0.2) is 30.3 Å². The van der Waals surface area contributed by atoms with Crippen molar-refractivity contribution in [3.05, 3.63) is 35.9 Å². The van der Waals surface area contributed by atoms with Gasteiger partial charge in [0.1, 0.15) is 18.7 Å². The molecular formula is C21H35N3O6Si. The predicted molar refractivity (Wildman–Crippen MR) is 120 cm³/mol. The highest BCUT2D eigenvalue weighted by molar-refractivity contribution is 6.74. The summed E-state index contributed by atoms with van der Waals surface area (Å²) in [6.45, 7) is 10.1. The number of benzene rings is 1. The second-order valence-electron chi connectivity index (χ2n) is 8.80. The molecule has 0 saturated heterocycles. The van der Waals surface area contributed by atoms with E-state index in [1.165, 1.54) is 0 Å². The van der Waals surface area contributed by atoms with Crippen LogP contribution in [-0.4, -0.2) is 56.6 Å². The monoisotopic (exact) mass is 453 g/mol. The van der Waals surface area contributed by atoms with E-state index < -0.39 is 44.9 Å². The average Bonchev–Trinajstić information content (AvgIpc) is 2.69. The fraction of sp³-hybridized carbons (Fsp3) is 0.571. The highest BCUT2D eigenvalue weighted by Gasteiger charge is 2.37. The van der Waals surface area contributed by atoms with Gasteiger partial charge in [0.2, 0.25) is 11.8 Å². The Hall–Kier alpha value is -2.43. The van der Waals surface area contributed by atoms with Crippen LogP contribution in [0, 0.1) is 0 Å². The van der Waals surface area contributed by atoms with Gasteiger partial charge in [-0.3, -0.25) is 9.59 Å². The van der Waals surface area contributed by atoms with Crippen molar-refractivity contribution in [2.24, 2.45) is 5.73 Å². The Morgan fingerprint density at radius 1 is 1.10 bits per heavy atom. The number of hydrogen-bond acceptors (Lipinski definition) is 6. The number of carbonyl (C=O) groups is 3. The molecule has 3 amide bonds. The van der Waals surface area contributed by atoms with Crippen molar-refractivity contribution < 1.29 is 28.7 Å². The smallest absolute Gasteiger partial charge is 0.408 e. The molecule has 0 heterocycles. The number of nitrogens with one attached hydrogen (secondary N) is 2. The van der Waals surface area contributed by atoms with Crippen LogP contribution in [-0.2, 0) is 25.4 Å². The van der Waals surface area contributed by atoms with Crippen LogP contribution in [0.4, 0.5) is 4.79 Å². The molecule has 9 nitrogen and oxygen atoms in total. The van der Waals surface area contributed by atoms with E-state index in [9.17, 15) is 19.5 Å². The Bertz CT molecular complexity index is 736. The zero-order valence-corrected chi connectivity index (χ0v) is 19.9. The molecule has 1 aromatic rings. The molecule has 0 unspecified atom stereocenters. The summed E-state index contributed by atoms with van der Waals surface area (Å²) in [5, 5.41) is 14.2. The van der Waals surface area contributed by atoms with E-state index in [0.29, 0.717) is 0 Å². The van der Waals surface area contributed by atoms with Crippen LogP contribution in [0.5, 0.6) is 0 Å². The summed E-state index contributed by atoms with van der Waals surface area (Å²) < 4.78 is 11.1. The number of amides is 3. The van der Waals surface area contributed by atoms with Gasteiger partial charge in [0.05, 0.1) is 6.61 Å². The first-order valence-corrected chi connectivity index (χ1v) is 13.1. The first kappa shape index (κ1) is 26.6. The minimum Gasteiger partial charge on any atom is -0.445 e.